The van der Waals surface area contributed by atoms with Crippen molar-refractivity contribution in [2.75, 3.05) is 32.9 Å². The molecule has 0 saturated carbocycles. The van der Waals surface area contributed by atoms with Crippen LogP contribution in [-0.4, -0.2) is 80.9 Å². The molecule has 1 saturated heterocycles. The number of likely N-dealkylation sites (tertiary alicyclic amines) is 1. The highest BCUT2D eigenvalue weighted by molar-refractivity contribution is 6.32. The summed E-state index contributed by atoms with van der Waals surface area (Å²) in [5, 5.41) is 56.0. The number of halogens is 1. The van der Waals surface area contributed by atoms with E-state index in [0.717, 1.165) is 33.4 Å². The second-order valence-electron chi connectivity index (χ2n) is 13.3. The number of hydrogen-bond donors (Lipinski definition) is 5. The maximum Gasteiger partial charge on any atom is 0.276 e. The van der Waals surface area contributed by atoms with Gasteiger partial charge in [0.25, 0.3) is 5.91 Å². The van der Waals surface area contributed by atoms with E-state index in [1.807, 2.05) is 55.5 Å². The molecule has 0 bridgehead atoms. The maximum atomic E-state index is 12.9. The molecule has 5 aromatic rings. The first-order valence-corrected chi connectivity index (χ1v) is 17.8. The van der Waals surface area contributed by atoms with Gasteiger partial charge in [-0.25, -0.2) is 0 Å². The highest BCUT2D eigenvalue weighted by atomic mass is 35.5. The van der Waals surface area contributed by atoms with Crippen LogP contribution in [-0.2, 0) is 19.8 Å². The Morgan fingerprint density at radius 3 is 2.44 bits per heavy atom. The van der Waals surface area contributed by atoms with Crippen LogP contribution in [0.3, 0.4) is 0 Å². The summed E-state index contributed by atoms with van der Waals surface area (Å²) < 4.78 is 18.1. The number of rotatable bonds is 15. The Balaban J connectivity index is 1.21. The average molecular weight is 753 g/mol. The van der Waals surface area contributed by atoms with Crippen molar-refractivity contribution in [1.82, 2.24) is 15.4 Å². The minimum atomic E-state index is -1.32. The van der Waals surface area contributed by atoms with E-state index in [-0.39, 0.29) is 37.9 Å². The summed E-state index contributed by atoms with van der Waals surface area (Å²) in [4.78, 5) is 14.4. The summed E-state index contributed by atoms with van der Waals surface area (Å²) >= 11 is 6.74. The lowest BCUT2D eigenvalue weighted by atomic mass is 9.95. The summed E-state index contributed by atoms with van der Waals surface area (Å²) in [7, 11) is 0. The molecule has 0 unspecified atom stereocenters. The third kappa shape index (κ3) is 8.75. The van der Waals surface area contributed by atoms with Gasteiger partial charge in [0.1, 0.15) is 24.7 Å². The Bertz CT molecular complexity index is 2140. The first-order valence-electron chi connectivity index (χ1n) is 17.4. The van der Waals surface area contributed by atoms with Gasteiger partial charge >= 0.3 is 0 Å². The molecule has 4 aromatic carbocycles. The van der Waals surface area contributed by atoms with Gasteiger partial charge in [0.05, 0.1) is 48.1 Å². The summed E-state index contributed by atoms with van der Waals surface area (Å²) in [5.41, 5.74) is 5.28. The van der Waals surface area contributed by atoms with Gasteiger partial charge in [-0.05, 0) is 65.4 Å². The number of carbonyl (C=O) groups is 1. The molecule has 0 radical (unpaired) electrons. The van der Waals surface area contributed by atoms with Crippen LogP contribution in [0.1, 0.15) is 44.7 Å². The van der Waals surface area contributed by atoms with Crippen LogP contribution in [0.5, 0.6) is 11.5 Å². The zero-order valence-corrected chi connectivity index (χ0v) is 30.4. The number of carbonyl (C=O) groups excluding carboxylic acids is 1. The SMILES string of the molecule is Cc1c(COc2cc(OCc3cccc(C#N)c3)c(CNC(CO)(CO)CO)cc2Cl)cccc1-c1cccc(-c2cc(C(=O)N3CC[C@@H](O)C3)no2)c1. The monoisotopic (exact) mass is 752 g/mol. The summed E-state index contributed by atoms with van der Waals surface area (Å²) in [6, 6.07) is 27.8. The molecule has 2 heterocycles. The minimum absolute atomic E-state index is 0.101. The number of nitrogens with zero attached hydrogens (tertiary/aromatic N) is 3. The summed E-state index contributed by atoms with van der Waals surface area (Å²) in [5.74, 6) is 0.967. The third-order valence-corrected chi connectivity index (χ3v) is 9.89. The normalized spacial score (nSPS) is 14.2. The van der Waals surface area contributed by atoms with Crippen molar-refractivity contribution in [3.63, 3.8) is 0 Å². The fourth-order valence-electron chi connectivity index (χ4n) is 6.20. The second kappa shape index (κ2) is 17.3. The quantitative estimate of drug-likeness (QED) is 0.0970. The van der Waals surface area contributed by atoms with Crippen molar-refractivity contribution in [3.8, 4) is 40.0 Å². The van der Waals surface area contributed by atoms with Crippen molar-refractivity contribution >= 4 is 17.5 Å². The lowest BCUT2D eigenvalue weighted by Crippen LogP contribution is -2.54. The van der Waals surface area contributed by atoms with Gasteiger partial charge in [0, 0.05) is 42.9 Å². The van der Waals surface area contributed by atoms with E-state index in [2.05, 4.69) is 16.5 Å². The van der Waals surface area contributed by atoms with Crippen LogP contribution in [0.4, 0.5) is 0 Å². The van der Waals surface area contributed by atoms with E-state index >= 15 is 0 Å². The molecule has 0 aliphatic carbocycles. The van der Waals surface area contributed by atoms with Gasteiger partial charge in [-0.2, -0.15) is 5.26 Å². The summed E-state index contributed by atoms with van der Waals surface area (Å²) in [6.45, 7) is 1.69. The van der Waals surface area contributed by atoms with Crippen molar-refractivity contribution < 1.29 is 39.2 Å². The summed E-state index contributed by atoms with van der Waals surface area (Å²) in [6.07, 6.45) is 0.0169. The topological polar surface area (TPSA) is 182 Å². The number of aliphatic hydroxyl groups excluding tert-OH is 4. The van der Waals surface area contributed by atoms with Crippen molar-refractivity contribution in [2.24, 2.45) is 0 Å². The number of nitrogens with one attached hydrogen (secondary N) is 1. The lowest BCUT2D eigenvalue weighted by Gasteiger charge is -2.29. The van der Waals surface area contributed by atoms with Crippen molar-refractivity contribution in [2.45, 2.75) is 44.7 Å². The molecule has 1 aliphatic rings. The minimum Gasteiger partial charge on any atom is -0.488 e. The largest absolute Gasteiger partial charge is 0.488 e. The molecule has 1 aliphatic heterocycles. The van der Waals surface area contributed by atoms with E-state index < -0.39 is 31.5 Å². The molecule has 1 aromatic heterocycles. The van der Waals surface area contributed by atoms with Gasteiger partial charge in [0.15, 0.2) is 11.5 Å². The predicted molar refractivity (Wildman–Crippen MR) is 201 cm³/mol. The molecule has 1 atom stereocenters. The molecular weight excluding hydrogens is 712 g/mol. The molecule has 0 spiro atoms. The predicted octanol–water partition coefficient (Wildman–Crippen LogP) is 5.01. The Hall–Kier alpha value is -5.26. The Morgan fingerprint density at radius 1 is 0.963 bits per heavy atom. The van der Waals surface area contributed by atoms with Gasteiger partial charge in [-0.15, -0.1) is 0 Å². The van der Waals surface area contributed by atoms with Crippen LogP contribution in [0, 0.1) is 18.3 Å². The van der Waals surface area contributed by atoms with Crippen LogP contribution >= 0.6 is 11.6 Å². The van der Waals surface area contributed by atoms with Gasteiger partial charge < -0.3 is 44.6 Å². The number of hydrogen-bond acceptors (Lipinski definition) is 11. The van der Waals surface area contributed by atoms with Crippen LogP contribution in [0.25, 0.3) is 22.5 Å². The zero-order valence-electron chi connectivity index (χ0n) is 29.7. The smallest absolute Gasteiger partial charge is 0.276 e. The first kappa shape index (κ1) is 38.5. The molecule has 1 amide bonds. The van der Waals surface area contributed by atoms with Gasteiger partial charge in [-0.1, -0.05) is 65.3 Å². The Morgan fingerprint density at radius 2 is 1.70 bits per heavy atom. The Kier molecular flexibility index (Phi) is 12.3. The second-order valence-corrected chi connectivity index (χ2v) is 13.7. The van der Waals surface area contributed by atoms with Crippen LogP contribution < -0.4 is 14.8 Å². The average Bonchev–Trinajstić information content (AvgIpc) is 3.88. The maximum absolute atomic E-state index is 12.9. The number of ether oxygens (including phenoxy) is 2. The van der Waals surface area contributed by atoms with Crippen LogP contribution in [0.15, 0.2) is 89.5 Å². The molecule has 280 valence electrons. The van der Waals surface area contributed by atoms with E-state index in [1.165, 1.54) is 0 Å². The number of nitriles is 1. The standard InChI is InChI=1S/C41H41ClN4O8/c1-26-31(9-4-10-34(26)29-7-3-8-30(14-29)38-16-36(45-54-38)40(51)46-12-11-33(50)20-46)22-53-39-17-37(52-21-28-6-2-5-27(13-28)18-43)32(15-35(39)42)19-44-41(23-47,24-48)25-49/h2-10,13-17,33,44,47-50H,11-12,19-25H2,1H3/t33-/m1/s1. The van der Waals surface area contributed by atoms with Crippen molar-refractivity contribution in [1.29, 1.82) is 5.26 Å². The molecular formula is C41H41ClN4O8. The molecule has 12 nitrogen and oxygen atoms in total. The number of aliphatic hydroxyl groups is 4. The van der Waals surface area contributed by atoms with Gasteiger partial charge in [-0.3, -0.25) is 4.79 Å². The number of amides is 1. The van der Waals surface area contributed by atoms with E-state index in [4.69, 9.17) is 25.6 Å². The highest BCUT2D eigenvalue weighted by Crippen LogP contribution is 2.36. The third-order valence-electron chi connectivity index (χ3n) is 9.59. The van der Waals surface area contributed by atoms with Crippen LogP contribution in [0.2, 0.25) is 5.02 Å². The molecule has 54 heavy (non-hydrogen) atoms. The van der Waals surface area contributed by atoms with E-state index in [9.17, 15) is 30.5 Å². The van der Waals surface area contributed by atoms with Crippen molar-refractivity contribution in [3.05, 3.63) is 123 Å². The molecule has 13 heteroatoms. The Labute approximate surface area is 317 Å². The number of aromatic nitrogens is 1. The lowest BCUT2D eigenvalue weighted by molar-refractivity contribution is 0.0412. The molecule has 6 rings (SSSR count). The van der Waals surface area contributed by atoms with Gasteiger partial charge in [0.2, 0.25) is 0 Å². The van der Waals surface area contributed by atoms with E-state index in [0.29, 0.717) is 46.4 Å². The van der Waals surface area contributed by atoms with E-state index in [1.54, 1.807) is 41.3 Å². The fraction of sp³-hybridized carbons (Fsp3) is 0.293. The number of benzene rings is 4. The number of β-amino-alcohol motifs (C(OH)–C–C–N with tert-alkyl or cyclic N) is 1. The first-order chi connectivity index (χ1) is 26.1. The highest BCUT2D eigenvalue weighted by Gasteiger charge is 2.29. The molecule has 5 N–H and O–H groups in total. The fourth-order valence-corrected chi connectivity index (χ4v) is 6.44. The molecule has 1 fully saturated rings. The zero-order chi connectivity index (χ0) is 38.2.